The molecule has 154 valence electrons. The molecule has 0 aliphatic carbocycles. The van der Waals surface area contributed by atoms with Crippen molar-refractivity contribution in [2.45, 2.75) is 34.2 Å². The predicted octanol–water partition coefficient (Wildman–Crippen LogP) is 6.82. The van der Waals surface area contributed by atoms with Crippen molar-refractivity contribution in [3.63, 3.8) is 0 Å². The highest BCUT2D eigenvalue weighted by Gasteiger charge is 2.25. The van der Waals surface area contributed by atoms with Crippen molar-refractivity contribution in [2.75, 3.05) is 0 Å². The fraction of sp³-hybridized carbons (Fsp3) is 0.179. The predicted molar refractivity (Wildman–Crippen MR) is 123 cm³/mol. The van der Waals surface area contributed by atoms with Crippen molar-refractivity contribution in [3.8, 4) is 34.3 Å². The van der Waals surface area contributed by atoms with Gasteiger partial charge in [0.1, 0.15) is 23.0 Å². The van der Waals surface area contributed by atoms with E-state index in [0.717, 1.165) is 51.8 Å². The monoisotopic (exact) mass is 408 g/mol. The smallest absolute Gasteiger partial charge is 0.213 e. The Kier molecular flexibility index (Phi) is 4.74. The standard InChI is InChI=1S/C28H26NO2/c1-18-8-7-9-19(2)27(18)31-24-14-20(3)28(21(4)15-24)30-23-12-11-22-17-29-13-6-5-10-26(29)25(22)16-23/h5-16H,17H2,1-4H3/q+1. The van der Waals surface area contributed by atoms with Crippen LogP contribution < -0.4 is 14.0 Å². The lowest BCUT2D eigenvalue weighted by Gasteiger charge is -2.16. The maximum absolute atomic E-state index is 6.37. The lowest BCUT2D eigenvalue weighted by Crippen LogP contribution is -2.31. The molecular formula is C28H26NO2+. The highest BCUT2D eigenvalue weighted by atomic mass is 16.5. The zero-order valence-corrected chi connectivity index (χ0v) is 18.4. The first kappa shape index (κ1) is 19.4. The summed E-state index contributed by atoms with van der Waals surface area (Å²) in [6.45, 7) is 9.19. The summed E-state index contributed by atoms with van der Waals surface area (Å²) in [6, 6.07) is 23.0. The van der Waals surface area contributed by atoms with Gasteiger partial charge in [-0.2, -0.15) is 4.57 Å². The minimum Gasteiger partial charge on any atom is -0.457 e. The quantitative estimate of drug-likeness (QED) is 0.304. The molecule has 0 N–H and O–H groups in total. The van der Waals surface area contributed by atoms with Crippen LogP contribution in [0.4, 0.5) is 0 Å². The van der Waals surface area contributed by atoms with Gasteiger partial charge in [-0.3, -0.25) is 0 Å². The van der Waals surface area contributed by atoms with Gasteiger partial charge in [-0.25, -0.2) is 0 Å². The van der Waals surface area contributed by atoms with Crippen LogP contribution in [0.15, 0.2) is 72.9 Å². The molecule has 3 nitrogen and oxygen atoms in total. The molecule has 0 radical (unpaired) electrons. The van der Waals surface area contributed by atoms with Crippen molar-refractivity contribution in [1.29, 1.82) is 0 Å². The van der Waals surface area contributed by atoms with Crippen LogP contribution in [0.1, 0.15) is 27.8 Å². The Bertz CT molecular complexity index is 1260. The Morgan fingerprint density at radius 2 is 1.32 bits per heavy atom. The van der Waals surface area contributed by atoms with Crippen molar-refractivity contribution < 1.29 is 14.0 Å². The number of pyridine rings is 1. The molecule has 1 aliphatic heterocycles. The summed E-state index contributed by atoms with van der Waals surface area (Å²) in [5.74, 6) is 3.49. The summed E-state index contributed by atoms with van der Waals surface area (Å²) in [7, 11) is 0. The van der Waals surface area contributed by atoms with Crippen molar-refractivity contribution in [2.24, 2.45) is 0 Å². The number of para-hydroxylation sites is 1. The molecule has 0 saturated heterocycles. The summed E-state index contributed by atoms with van der Waals surface area (Å²) in [4.78, 5) is 0. The van der Waals surface area contributed by atoms with E-state index in [0.29, 0.717) is 0 Å². The van der Waals surface area contributed by atoms with E-state index in [1.54, 1.807) is 0 Å². The first-order valence-electron chi connectivity index (χ1n) is 10.6. The van der Waals surface area contributed by atoms with Crippen LogP contribution in [-0.4, -0.2) is 0 Å². The summed E-state index contributed by atoms with van der Waals surface area (Å²) in [5, 5.41) is 0. The molecule has 0 atom stereocenters. The summed E-state index contributed by atoms with van der Waals surface area (Å²) in [5.41, 5.74) is 8.16. The SMILES string of the molecule is Cc1cccc(C)c1Oc1cc(C)c(Oc2ccc3c(c2)-c2cccc[n+]2C3)c(C)c1. The van der Waals surface area contributed by atoms with Gasteiger partial charge in [0.25, 0.3) is 0 Å². The van der Waals surface area contributed by atoms with E-state index >= 15 is 0 Å². The average Bonchev–Trinajstić information content (AvgIpc) is 3.11. The van der Waals surface area contributed by atoms with Gasteiger partial charge >= 0.3 is 0 Å². The van der Waals surface area contributed by atoms with Gasteiger partial charge in [-0.15, -0.1) is 0 Å². The largest absolute Gasteiger partial charge is 0.457 e. The first-order chi connectivity index (χ1) is 15.0. The number of benzene rings is 3. The van der Waals surface area contributed by atoms with Crippen LogP contribution in [-0.2, 0) is 6.54 Å². The van der Waals surface area contributed by atoms with Crippen molar-refractivity contribution in [3.05, 3.63) is 101 Å². The molecule has 0 saturated carbocycles. The molecule has 3 aromatic carbocycles. The third kappa shape index (κ3) is 3.57. The number of aryl methyl sites for hydroxylation is 4. The molecular weight excluding hydrogens is 382 g/mol. The lowest BCUT2D eigenvalue weighted by molar-refractivity contribution is -0.672. The molecule has 1 aromatic heterocycles. The van der Waals surface area contributed by atoms with Crippen molar-refractivity contribution >= 4 is 0 Å². The second-order valence-electron chi connectivity index (χ2n) is 8.34. The number of hydrogen-bond donors (Lipinski definition) is 0. The van der Waals surface area contributed by atoms with E-state index in [2.05, 4.69) is 93.1 Å². The zero-order chi connectivity index (χ0) is 21.5. The van der Waals surface area contributed by atoms with Crippen LogP contribution in [0.5, 0.6) is 23.0 Å². The van der Waals surface area contributed by atoms with E-state index in [9.17, 15) is 0 Å². The molecule has 0 fully saturated rings. The van der Waals surface area contributed by atoms with Crippen LogP contribution >= 0.6 is 0 Å². The van der Waals surface area contributed by atoms with E-state index in [4.69, 9.17) is 9.47 Å². The Balaban J connectivity index is 1.44. The topological polar surface area (TPSA) is 22.3 Å². The summed E-state index contributed by atoms with van der Waals surface area (Å²) >= 11 is 0. The maximum Gasteiger partial charge on any atom is 0.213 e. The number of rotatable bonds is 4. The molecule has 3 heteroatoms. The summed E-state index contributed by atoms with van der Waals surface area (Å²) in [6.07, 6.45) is 2.12. The molecule has 0 amide bonds. The highest BCUT2D eigenvalue weighted by Crippen LogP contribution is 2.37. The molecule has 31 heavy (non-hydrogen) atoms. The number of fused-ring (bicyclic) bond motifs is 3. The number of aromatic nitrogens is 1. The van der Waals surface area contributed by atoms with Crippen LogP contribution in [0.25, 0.3) is 11.3 Å². The molecule has 2 heterocycles. The number of nitrogens with zero attached hydrogens (tertiary/aromatic N) is 1. The van der Waals surface area contributed by atoms with Gasteiger partial charge in [-0.05, 0) is 86.3 Å². The number of ether oxygens (including phenoxy) is 2. The van der Waals surface area contributed by atoms with Gasteiger partial charge in [0.2, 0.25) is 5.69 Å². The first-order valence-corrected chi connectivity index (χ1v) is 10.6. The lowest BCUT2D eigenvalue weighted by atomic mass is 10.1. The third-order valence-electron chi connectivity index (χ3n) is 5.92. The van der Waals surface area contributed by atoms with E-state index in [-0.39, 0.29) is 0 Å². The minimum absolute atomic E-state index is 0.832. The average molecular weight is 409 g/mol. The fourth-order valence-electron chi connectivity index (χ4n) is 4.36. The Morgan fingerprint density at radius 3 is 2.06 bits per heavy atom. The van der Waals surface area contributed by atoms with E-state index in [1.807, 2.05) is 12.1 Å². The summed E-state index contributed by atoms with van der Waals surface area (Å²) < 4.78 is 14.9. The van der Waals surface area contributed by atoms with Crippen LogP contribution in [0.3, 0.4) is 0 Å². The van der Waals surface area contributed by atoms with Gasteiger partial charge < -0.3 is 9.47 Å². The fourth-order valence-corrected chi connectivity index (χ4v) is 4.36. The molecule has 0 spiro atoms. The Morgan fingerprint density at radius 1 is 0.645 bits per heavy atom. The van der Waals surface area contributed by atoms with Crippen molar-refractivity contribution in [1.82, 2.24) is 0 Å². The molecule has 5 rings (SSSR count). The Labute approximate surface area is 183 Å². The minimum atomic E-state index is 0.832. The normalized spacial score (nSPS) is 11.7. The molecule has 0 bridgehead atoms. The molecule has 1 aliphatic rings. The molecule has 4 aromatic rings. The van der Waals surface area contributed by atoms with Crippen LogP contribution in [0, 0.1) is 27.7 Å². The third-order valence-corrected chi connectivity index (χ3v) is 5.92. The van der Waals surface area contributed by atoms with Gasteiger partial charge in [0, 0.05) is 17.7 Å². The van der Waals surface area contributed by atoms with Crippen LogP contribution in [0.2, 0.25) is 0 Å². The van der Waals surface area contributed by atoms with Gasteiger partial charge in [-0.1, -0.05) is 18.2 Å². The maximum atomic E-state index is 6.37. The van der Waals surface area contributed by atoms with E-state index < -0.39 is 0 Å². The second kappa shape index (κ2) is 7.59. The number of hydrogen-bond acceptors (Lipinski definition) is 2. The van der Waals surface area contributed by atoms with E-state index in [1.165, 1.54) is 16.8 Å². The second-order valence-corrected chi connectivity index (χ2v) is 8.34. The highest BCUT2D eigenvalue weighted by molar-refractivity contribution is 5.65. The zero-order valence-electron chi connectivity index (χ0n) is 18.4. The van der Waals surface area contributed by atoms with Gasteiger partial charge in [0.05, 0.1) is 5.56 Å². The molecule has 0 unspecified atom stereocenters. The van der Waals surface area contributed by atoms with Gasteiger partial charge in [0.15, 0.2) is 12.7 Å². The Hall–Kier alpha value is -3.59.